The van der Waals surface area contributed by atoms with Gasteiger partial charge in [-0.15, -0.1) is 0 Å². The largest absolute Gasteiger partial charge is 0.481 e. The second kappa shape index (κ2) is 14.3. The lowest BCUT2D eigenvalue weighted by molar-refractivity contribution is -0.157. The molecule has 0 fully saturated rings. The van der Waals surface area contributed by atoms with E-state index in [0.717, 1.165) is 19.3 Å². The highest BCUT2D eigenvalue weighted by Gasteiger charge is 2.24. The fourth-order valence-electron chi connectivity index (χ4n) is 3.05. The highest BCUT2D eigenvalue weighted by atomic mass is 16.5. The number of aliphatic carboxylic acids is 1. The van der Waals surface area contributed by atoms with Crippen LogP contribution in [0.15, 0.2) is 0 Å². The van der Waals surface area contributed by atoms with Crippen molar-refractivity contribution in [2.75, 3.05) is 0 Å². The average molecular weight is 343 g/mol. The Morgan fingerprint density at radius 1 is 0.917 bits per heavy atom. The van der Waals surface area contributed by atoms with Gasteiger partial charge in [0.1, 0.15) is 0 Å². The first kappa shape index (κ1) is 22.9. The highest BCUT2D eigenvalue weighted by Crippen LogP contribution is 2.19. The summed E-state index contributed by atoms with van der Waals surface area (Å²) in [4.78, 5) is 23.2. The van der Waals surface area contributed by atoms with Crippen LogP contribution < -0.4 is 0 Å². The maximum Gasteiger partial charge on any atom is 0.309 e. The van der Waals surface area contributed by atoms with Crippen molar-refractivity contribution in [3.63, 3.8) is 0 Å². The molecule has 1 N–H and O–H groups in total. The minimum Gasteiger partial charge on any atom is -0.481 e. The van der Waals surface area contributed by atoms with Crippen molar-refractivity contribution in [2.45, 2.75) is 104 Å². The van der Waals surface area contributed by atoms with E-state index in [2.05, 4.69) is 20.8 Å². The molecule has 2 unspecified atom stereocenters. The van der Waals surface area contributed by atoms with Gasteiger partial charge in [-0.1, -0.05) is 72.1 Å². The fourth-order valence-corrected chi connectivity index (χ4v) is 3.05. The molecule has 0 aromatic carbocycles. The van der Waals surface area contributed by atoms with Gasteiger partial charge in [-0.2, -0.15) is 0 Å². The van der Waals surface area contributed by atoms with Crippen molar-refractivity contribution in [3.8, 4) is 0 Å². The summed E-state index contributed by atoms with van der Waals surface area (Å²) in [6, 6.07) is 0. The maximum atomic E-state index is 12.2. The molecule has 0 bridgehead atoms. The van der Waals surface area contributed by atoms with E-state index in [0.29, 0.717) is 12.3 Å². The summed E-state index contributed by atoms with van der Waals surface area (Å²) < 4.78 is 5.44. The van der Waals surface area contributed by atoms with Gasteiger partial charge in [0, 0.05) is 0 Å². The lowest BCUT2D eigenvalue weighted by Crippen LogP contribution is -2.25. The van der Waals surface area contributed by atoms with Crippen LogP contribution in [0, 0.1) is 11.8 Å². The Balaban J connectivity index is 4.08. The molecule has 0 heterocycles. The predicted octanol–water partition coefficient (Wildman–Crippen LogP) is 5.59. The van der Waals surface area contributed by atoms with E-state index in [-0.39, 0.29) is 18.5 Å². The summed E-state index contributed by atoms with van der Waals surface area (Å²) in [5.74, 6) is -1.31. The molecular formula is C20H38O4. The summed E-state index contributed by atoms with van der Waals surface area (Å²) in [7, 11) is 0. The highest BCUT2D eigenvalue weighted by molar-refractivity contribution is 5.79. The molecular weight excluding hydrogens is 304 g/mol. The van der Waals surface area contributed by atoms with Gasteiger partial charge in [-0.25, -0.2) is 0 Å². The van der Waals surface area contributed by atoms with E-state index in [1.54, 1.807) is 0 Å². The van der Waals surface area contributed by atoms with Crippen molar-refractivity contribution >= 4 is 11.9 Å². The molecule has 0 saturated heterocycles. The van der Waals surface area contributed by atoms with E-state index in [4.69, 9.17) is 9.84 Å². The number of esters is 1. The Hall–Kier alpha value is -1.06. The number of hydrogen-bond acceptors (Lipinski definition) is 3. The fraction of sp³-hybridized carbons (Fsp3) is 0.900. The number of unbranched alkanes of at least 4 members (excludes halogenated alkanes) is 7. The number of carbonyl (C=O) groups excluding carboxylic acids is 1. The molecule has 0 aliphatic heterocycles. The molecule has 0 aliphatic rings. The first-order valence-electron chi connectivity index (χ1n) is 9.79. The standard InChI is InChI=1S/C20H38O4/c1-5-6-7-8-9-10-11-12-13-18(15-19(21)22)20(23)24-17(4)14-16(2)3/h16-18H,5-15H2,1-4H3,(H,21,22). The van der Waals surface area contributed by atoms with Crippen LogP contribution in [0.5, 0.6) is 0 Å². The van der Waals surface area contributed by atoms with Crippen molar-refractivity contribution < 1.29 is 19.4 Å². The van der Waals surface area contributed by atoms with E-state index in [1.807, 2.05) is 6.92 Å². The van der Waals surface area contributed by atoms with E-state index >= 15 is 0 Å². The summed E-state index contributed by atoms with van der Waals surface area (Å²) in [6.45, 7) is 8.26. The maximum absolute atomic E-state index is 12.2. The van der Waals surface area contributed by atoms with Crippen molar-refractivity contribution in [1.29, 1.82) is 0 Å². The van der Waals surface area contributed by atoms with Crippen LogP contribution in [0.2, 0.25) is 0 Å². The summed E-state index contributed by atoms with van der Waals surface area (Å²) in [5, 5.41) is 9.03. The molecule has 0 aromatic rings. The van der Waals surface area contributed by atoms with Crippen LogP contribution >= 0.6 is 0 Å². The van der Waals surface area contributed by atoms with Crippen LogP contribution in [-0.4, -0.2) is 23.1 Å². The van der Waals surface area contributed by atoms with Crippen LogP contribution in [0.4, 0.5) is 0 Å². The van der Waals surface area contributed by atoms with E-state index in [9.17, 15) is 9.59 Å². The normalized spacial score (nSPS) is 13.7. The Bertz CT molecular complexity index is 339. The average Bonchev–Trinajstić information content (AvgIpc) is 2.47. The zero-order valence-corrected chi connectivity index (χ0v) is 16.2. The predicted molar refractivity (Wildman–Crippen MR) is 98.0 cm³/mol. The van der Waals surface area contributed by atoms with Crippen LogP contribution in [0.1, 0.15) is 98.3 Å². The lowest BCUT2D eigenvalue weighted by Gasteiger charge is -2.19. The molecule has 24 heavy (non-hydrogen) atoms. The zero-order valence-electron chi connectivity index (χ0n) is 16.2. The lowest BCUT2D eigenvalue weighted by atomic mass is 9.97. The molecule has 0 radical (unpaired) electrons. The molecule has 4 nitrogen and oxygen atoms in total. The molecule has 0 rings (SSSR count). The number of hydrogen-bond donors (Lipinski definition) is 1. The number of rotatable bonds is 15. The van der Waals surface area contributed by atoms with Crippen molar-refractivity contribution in [3.05, 3.63) is 0 Å². The van der Waals surface area contributed by atoms with Gasteiger partial charge in [-0.3, -0.25) is 9.59 Å². The molecule has 0 aliphatic carbocycles. The number of carboxylic acids is 1. The Morgan fingerprint density at radius 3 is 1.96 bits per heavy atom. The van der Waals surface area contributed by atoms with E-state index < -0.39 is 11.9 Å². The third kappa shape index (κ3) is 13.4. The van der Waals surface area contributed by atoms with Gasteiger partial charge in [0.25, 0.3) is 0 Å². The van der Waals surface area contributed by atoms with Gasteiger partial charge in [-0.05, 0) is 25.7 Å². The Kier molecular flexibility index (Phi) is 13.7. The monoisotopic (exact) mass is 342 g/mol. The molecule has 0 aromatic heterocycles. The smallest absolute Gasteiger partial charge is 0.309 e. The zero-order chi connectivity index (χ0) is 18.4. The van der Waals surface area contributed by atoms with Crippen molar-refractivity contribution in [1.82, 2.24) is 0 Å². The minimum absolute atomic E-state index is 0.121. The minimum atomic E-state index is -0.923. The topological polar surface area (TPSA) is 63.6 Å². The van der Waals surface area contributed by atoms with Gasteiger partial charge < -0.3 is 9.84 Å². The Morgan fingerprint density at radius 2 is 1.46 bits per heavy atom. The van der Waals surface area contributed by atoms with Crippen LogP contribution in [0.25, 0.3) is 0 Å². The quantitative estimate of drug-likeness (QED) is 0.311. The third-order valence-corrected chi connectivity index (χ3v) is 4.28. The molecule has 142 valence electrons. The second-order valence-corrected chi connectivity index (χ2v) is 7.44. The van der Waals surface area contributed by atoms with Crippen LogP contribution in [0.3, 0.4) is 0 Å². The van der Waals surface area contributed by atoms with Gasteiger partial charge in [0.2, 0.25) is 0 Å². The SMILES string of the molecule is CCCCCCCCCCC(CC(=O)O)C(=O)OC(C)CC(C)C. The molecule has 2 atom stereocenters. The molecule has 0 spiro atoms. The Labute approximate surface area is 148 Å². The summed E-state index contributed by atoms with van der Waals surface area (Å²) in [5.41, 5.74) is 0. The summed E-state index contributed by atoms with van der Waals surface area (Å²) in [6.07, 6.45) is 10.7. The van der Waals surface area contributed by atoms with Gasteiger partial charge in [0.15, 0.2) is 0 Å². The first-order chi connectivity index (χ1) is 11.4. The van der Waals surface area contributed by atoms with Crippen LogP contribution in [-0.2, 0) is 14.3 Å². The van der Waals surface area contributed by atoms with Gasteiger partial charge >= 0.3 is 11.9 Å². The second-order valence-electron chi connectivity index (χ2n) is 7.44. The third-order valence-electron chi connectivity index (χ3n) is 4.28. The molecule has 0 amide bonds. The van der Waals surface area contributed by atoms with E-state index in [1.165, 1.54) is 38.5 Å². The first-order valence-corrected chi connectivity index (χ1v) is 9.79. The molecule has 0 saturated carbocycles. The number of ether oxygens (including phenoxy) is 1. The molecule has 4 heteroatoms. The number of carbonyl (C=O) groups is 2. The number of carboxylic acid groups (broad SMARTS) is 1. The van der Waals surface area contributed by atoms with Crippen molar-refractivity contribution in [2.24, 2.45) is 11.8 Å². The summed E-state index contributed by atoms with van der Waals surface area (Å²) >= 11 is 0. The van der Waals surface area contributed by atoms with Gasteiger partial charge in [0.05, 0.1) is 18.4 Å².